The molecule has 1 amide bonds. The van der Waals surface area contributed by atoms with Crippen molar-refractivity contribution in [2.45, 2.75) is 12.5 Å². The van der Waals surface area contributed by atoms with Gasteiger partial charge in [-0.15, -0.1) is 0 Å². The van der Waals surface area contributed by atoms with Gasteiger partial charge in [0.05, 0.1) is 13.7 Å². The van der Waals surface area contributed by atoms with Gasteiger partial charge in [-0.05, 0) is 29.3 Å². The smallest absolute Gasteiger partial charge is 0.278 e. The first-order valence-corrected chi connectivity index (χ1v) is 8.89. The Bertz CT molecular complexity index is 974. The van der Waals surface area contributed by atoms with Gasteiger partial charge < -0.3 is 19.4 Å². The molecule has 1 aromatic carbocycles. The number of ether oxygens (including phenoxy) is 2. The zero-order valence-corrected chi connectivity index (χ0v) is 15.3. The number of likely N-dealkylation sites (tertiary alicyclic amines) is 1. The Hall–Kier alpha value is -3.42. The number of benzene rings is 1. The van der Waals surface area contributed by atoms with Gasteiger partial charge in [0.15, 0.2) is 0 Å². The number of aromatic nitrogens is 3. The molecule has 3 aromatic rings. The van der Waals surface area contributed by atoms with E-state index in [9.17, 15) is 9.18 Å². The summed E-state index contributed by atoms with van der Waals surface area (Å²) < 4.78 is 24.1. The Kier molecular flexibility index (Phi) is 4.92. The third-order valence-corrected chi connectivity index (χ3v) is 4.63. The maximum atomic E-state index is 13.1. The van der Waals surface area contributed by atoms with E-state index in [1.807, 2.05) is 0 Å². The van der Waals surface area contributed by atoms with Crippen molar-refractivity contribution in [1.82, 2.24) is 19.9 Å². The van der Waals surface area contributed by atoms with Crippen molar-refractivity contribution in [3.05, 3.63) is 60.4 Å². The highest BCUT2D eigenvalue weighted by molar-refractivity contribution is 5.94. The molecule has 4 rings (SSSR count). The molecule has 2 aromatic heterocycles. The first-order chi connectivity index (χ1) is 13.6. The van der Waals surface area contributed by atoms with Crippen LogP contribution in [0.2, 0.25) is 0 Å². The normalized spacial score (nSPS) is 16.2. The molecule has 0 radical (unpaired) electrons. The van der Waals surface area contributed by atoms with Crippen LogP contribution in [-0.2, 0) is 0 Å². The van der Waals surface area contributed by atoms with Crippen LogP contribution in [0.25, 0.3) is 11.1 Å². The van der Waals surface area contributed by atoms with E-state index in [0.29, 0.717) is 37.0 Å². The van der Waals surface area contributed by atoms with E-state index in [-0.39, 0.29) is 17.8 Å². The molecule has 28 heavy (non-hydrogen) atoms. The molecular weight excluding hydrogens is 363 g/mol. The van der Waals surface area contributed by atoms with Crippen molar-refractivity contribution in [3.8, 4) is 22.9 Å². The second-order valence-corrected chi connectivity index (χ2v) is 6.46. The monoisotopic (exact) mass is 382 g/mol. The molecule has 144 valence electrons. The van der Waals surface area contributed by atoms with Crippen molar-refractivity contribution < 1.29 is 18.7 Å². The molecular formula is C20H19FN4O3. The van der Waals surface area contributed by atoms with Gasteiger partial charge in [-0.25, -0.2) is 14.4 Å². The van der Waals surface area contributed by atoms with Crippen molar-refractivity contribution in [3.63, 3.8) is 0 Å². The molecule has 1 atom stereocenters. The lowest BCUT2D eigenvalue weighted by Gasteiger charge is -2.16. The summed E-state index contributed by atoms with van der Waals surface area (Å²) in [5, 5.41) is 0. The molecule has 0 aliphatic carbocycles. The maximum Gasteiger partial charge on any atom is 0.278 e. The fourth-order valence-corrected chi connectivity index (χ4v) is 3.20. The molecule has 3 heterocycles. The lowest BCUT2D eigenvalue weighted by Crippen LogP contribution is -2.31. The van der Waals surface area contributed by atoms with Crippen LogP contribution >= 0.6 is 0 Å². The molecule has 1 saturated heterocycles. The fourth-order valence-electron chi connectivity index (χ4n) is 3.20. The first kappa shape index (κ1) is 18.0. The summed E-state index contributed by atoms with van der Waals surface area (Å²) in [6.07, 6.45) is 5.32. The number of hydrogen-bond acceptors (Lipinski definition) is 5. The van der Waals surface area contributed by atoms with Gasteiger partial charge in [0.2, 0.25) is 0 Å². The highest BCUT2D eigenvalue weighted by Crippen LogP contribution is 2.25. The molecule has 1 fully saturated rings. The van der Waals surface area contributed by atoms with E-state index in [4.69, 9.17) is 9.47 Å². The van der Waals surface area contributed by atoms with E-state index in [1.165, 1.54) is 31.6 Å². The van der Waals surface area contributed by atoms with Crippen molar-refractivity contribution in [2.75, 3.05) is 20.2 Å². The zero-order valence-electron chi connectivity index (χ0n) is 15.3. The van der Waals surface area contributed by atoms with Crippen molar-refractivity contribution in [1.29, 1.82) is 0 Å². The van der Waals surface area contributed by atoms with Gasteiger partial charge in [-0.2, -0.15) is 0 Å². The van der Waals surface area contributed by atoms with Gasteiger partial charge in [0.25, 0.3) is 17.7 Å². The third kappa shape index (κ3) is 3.66. The Morgan fingerprint density at radius 2 is 1.93 bits per heavy atom. The zero-order chi connectivity index (χ0) is 19.5. The second kappa shape index (κ2) is 7.67. The first-order valence-electron chi connectivity index (χ1n) is 8.89. The highest BCUT2D eigenvalue weighted by atomic mass is 19.1. The molecule has 8 heteroatoms. The van der Waals surface area contributed by atoms with Gasteiger partial charge in [-0.1, -0.05) is 12.1 Å². The van der Waals surface area contributed by atoms with Crippen LogP contribution in [0.5, 0.6) is 11.8 Å². The van der Waals surface area contributed by atoms with Crippen molar-refractivity contribution in [2.24, 2.45) is 0 Å². The van der Waals surface area contributed by atoms with Crippen LogP contribution in [0.3, 0.4) is 0 Å². The van der Waals surface area contributed by atoms with Gasteiger partial charge >= 0.3 is 0 Å². The third-order valence-electron chi connectivity index (χ3n) is 4.63. The molecule has 7 nitrogen and oxygen atoms in total. The molecule has 0 bridgehead atoms. The van der Waals surface area contributed by atoms with Crippen LogP contribution in [-0.4, -0.2) is 52.1 Å². The average molecular weight is 382 g/mol. The highest BCUT2D eigenvalue weighted by Gasteiger charge is 2.30. The SMILES string of the molecule is COc1nccnc1OC1CCN(C(=O)c2cc(-c3ccc(F)cc3)c[nH]2)C1. The van der Waals surface area contributed by atoms with Gasteiger partial charge in [0.1, 0.15) is 17.6 Å². The van der Waals surface area contributed by atoms with Crippen molar-refractivity contribution >= 4 is 5.91 Å². The summed E-state index contributed by atoms with van der Waals surface area (Å²) in [7, 11) is 1.51. The van der Waals surface area contributed by atoms with Crippen LogP contribution < -0.4 is 9.47 Å². The van der Waals surface area contributed by atoms with Crippen LogP contribution in [0.4, 0.5) is 4.39 Å². The standard InChI is InChI=1S/C20H19FN4O3/c1-27-18-19(23-8-7-22-18)28-16-6-9-25(12-16)20(26)17-10-14(11-24-17)13-2-4-15(21)5-3-13/h2-5,7-8,10-11,16,24H,6,9,12H2,1H3. The van der Waals surface area contributed by atoms with Gasteiger partial charge in [0, 0.05) is 31.6 Å². The van der Waals surface area contributed by atoms with E-state index in [2.05, 4.69) is 15.0 Å². The quantitative estimate of drug-likeness (QED) is 0.734. The Labute approximate surface area is 161 Å². The summed E-state index contributed by atoms with van der Waals surface area (Å²) in [6, 6.07) is 7.93. The van der Waals surface area contributed by atoms with Crippen LogP contribution in [0, 0.1) is 5.82 Å². The van der Waals surface area contributed by atoms with E-state index in [0.717, 1.165) is 11.1 Å². The lowest BCUT2D eigenvalue weighted by molar-refractivity contribution is 0.0765. The largest absolute Gasteiger partial charge is 0.477 e. The predicted octanol–water partition coefficient (Wildman–Crippen LogP) is 2.91. The minimum Gasteiger partial charge on any atom is -0.477 e. The molecule has 1 aliphatic heterocycles. The number of carbonyl (C=O) groups is 1. The topological polar surface area (TPSA) is 80.3 Å². The number of rotatable bonds is 5. The van der Waals surface area contributed by atoms with Gasteiger partial charge in [-0.3, -0.25) is 4.79 Å². The Balaban J connectivity index is 1.41. The summed E-state index contributed by atoms with van der Waals surface area (Å²) in [4.78, 5) is 25.7. The van der Waals surface area contributed by atoms with E-state index >= 15 is 0 Å². The number of aromatic amines is 1. The number of H-pyrrole nitrogens is 1. The molecule has 1 N–H and O–H groups in total. The molecule has 0 saturated carbocycles. The summed E-state index contributed by atoms with van der Waals surface area (Å²) in [5.41, 5.74) is 2.16. The lowest BCUT2D eigenvalue weighted by atomic mass is 10.1. The minimum atomic E-state index is -0.293. The number of nitrogens with one attached hydrogen (secondary N) is 1. The Morgan fingerprint density at radius 1 is 1.18 bits per heavy atom. The number of hydrogen-bond donors (Lipinski definition) is 1. The Morgan fingerprint density at radius 3 is 2.68 bits per heavy atom. The average Bonchev–Trinajstić information content (AvgIpc) is 3.38. The van der Waals surface area contributed by atoms with E-state index in [1.54, 1.807) is 29.3 Å². The summed E-state index contributed by atoms with van der Waals surface area (Å²) in [6.45, 7) is 1.03. The minimum absolute atomic E-state index is 0.106. The maximum absolute atomic E-state index is 13.1. The molecule has 1 unspecified atom stereocenters. The summed E-state index contributed by atoms with van der Waals surface area (Å²) >= 11 is 0. The number of nitrogens with zero attached hydrogens (tertiary/aromatic N) is 3. The number of methoxy groups -OCH3 is 1. The summed E-state index contributed by atoms with van der Waals surface area (Å²) in [5.74, 6) is 0.243. The predicted molar refractivity (Wildman–Crippen MR) is 99.7 cm³/mol. The number of halogens is 1. The number of carbonyl (C=O) groups excluding carboxylic acids is 1. The van der Waals surface area contributed by atoms with Crippen LogP contribution in [0.15, 0.2) is 48.9 Å². The molecule has 0 spiro atoms. The van der Waals surface area contributed by atoms with Crippen LogP contribution in [0.1, 0.15) is 16.9 Å². The number of amides is 1. The fraction of sp³-hybridized carbons (Fsp3) is 0.250. The van der Waals surface area contributed by atoms with E-state index < -0.39 is 0 Å². The molecule has 1 aliphatic rings. The second-order valence-electron chi connectivity index (χ2n) is 6.46.